The number of aromatic nitrogens is 2. The van der Waals surface area contributed by atoms with Crippen molar-refractivity contribution in [1.29, 1.82) is 0 Å². The van der Waals surface area contributed by atoms with Gasteiger partial charge in [0.15, 0.2) is 5.69 Å². The summed E-state index contributed by atoms with van der Waals surface area (Å²) in [7, 11) is 0. The second-order valence-electron chi connectivity index (χ2n) is 11.8. The van der Waals surface area contributed by atoms with Crippen molar-refractivity contribution in [2.75, 3.05) is 5.32 Å². The second-order valence-corrected chi connectivity index (χ2v) is 13.0. The molecule has 0 aliphatic carbocycles. The van der Waals surface area contributed by atoms with Crippen LogP contribution in [0.4, 0.5) is 23.7 Å². The van der Waals surface area contributed by atoms with Crippen molar-refractivity contribution in [3.63, 3.8) is 0 Å². The quantitative estimate of drug-likeness (QED) is 0.114. The molecule has 0 bridgehead atoms. The van der Waals surface area contributed by atoms with Crippen LogP contribution in [0.1, 0.15) is 51.5 Å². The number of hydrogen-bond acceptors (Lipinski definition) is 6. The molecule has 0 aliphatic rings. The first-order valence-corrected chi connectivity index (χ1v) is 16.1. The Balaban J connectivity index is 1.54. The number of alkyl halides is 3. The summed E-state index contributed by atoms with van der Waals surface area (Å²) in [5.41, 5.74) is 6.79. The molecule has 0 radical (unpaired) electrons. The number of phenolic OH excluding ortho intramolecular Hbond substituents is 1. The Hall–Kier alpha value is -5.37. The number of hydrogen-bond donors (Lipinski definition) is 3. The number of nitrogens with zero attached hydrogens (tertiary/aromatic N) is 3. The Morgan fingerprint density at radius 2 is 1.69 bits per heavy atom. The predicted molar refractivity (Wildman–Crippen MR) is 177 cm³/mol. The Labute approximate surface area is 284 Å². The Kier molecular flexibility index (Phi) is 10.3. The van der Waals surface area contributed by atoms with Crippen LogP contribution in [0.25, 0.3) is 4.96 Å². The summed E-state index contributed by atoms with van der Waals surface area (Å²) in [6, 6.07) is 15.5. The van der Waals surface area contributed by atoms with Crippen LogP contribution in [0.5, 0.6) is 5.75 Å². The number of urea groups is 1. The van der Waals surface area contributed by atoms with Crippen LogP contribution in [-0.2, 0) is 35.2 Å². The van der Waals surface area contributed by atoms with Gasteiger partial charge in [-0.15, -0.1) is 0 Å². The van der Waals surface area contributed by atoms with Crippen molar-refractivity contribution in [1.82, 2.24) is 9.47 Å². The van der Waals surface area contributed by atoms with Crippen LogP contribution < -0.4 is 15.5 Å². The molecule has 3 amide bonds. The molecule has 4 N–H and O–H groups in total. The molecule has 10 nitrogen and oxygen atoms in total. The van der Waals surface area contributed by atoms with Crippen LogP contribution in [-0.4, -0.2) is 44.6 Å². The molecule has 5 rings (SSSR count). The number of amides is 3. The maximum Gasteiger partial charge on any atom is 0.416 e. The predicted octanol–water partition coefficient (Wildman–Crippen LogP) is 6.07. The number of carbonyl (C=O) groups excluding carboxylic acids is 3. The number of anilines is 1. The monoisotopic (exact) mass is 694 g/mol. The van der Waals surface area contributed by atoms with Gasteiger partial charge < -0.3 is 25.8 Å². The molecule has 0 fully saturated rings. The van der Waals surface area contributed by atoms with Gasteiger partial charge >= 0.3 is 23.1 Å². The summed E-state index contributed by atoms with van der Waals surface area (Å²) in [5, 5.41) is 12.5. The number of primary amides is 1. The SMILES string of the molecule is Cc1c[n+]2cc(CN(C(=O)Nc3ccc(C(=O)OC(C)C)cc3)[C@@H](Cc3ccc(O)cc3)C(N)=O)n(Cc3ccccc3C(F)(F)F)c2s1. The number of esters is 1. The number of rotatable bonds is 11. The number of phenols is 1. The van der Waals surface area contributed by atoms with Gasteiger partial charge in [0.1, 0.15) is 30.7 Å². The van der Waals surface area contributed by atoms with E-state index in [2.05, 4.69) is 5.32 Å². The topological polar surface area (TPSA) is 131 Å². The number of carbonyl (C=O) groups is 3. The van der Waals surface area contributed by atoms with Crippen molar-refractivity contribution >= 4 is 39.9 Å². The molecule has 0 spiro atoms. The van der Waals surface area contributed by atoms with E-state index in [1.165, 1.54) is 70.8 Å². The molecule has 0 unspecified atom stereocenters. The molecule has 5 aromatic rings. The maximum absolute atomic E-state index is 14.0. The largest absolute Gasteiger partial charge is 0.508 e. The van der Waals surface area contributed by atoms with Gasteiger partial charge in [-0.2, -0.15) is 17.6 Å². The third-order valence-electron chi connectivity index (χ3n) is 7.69. The minimum atomic E-state index is -4.59. The number of fused-ring (bicyclic) bond motifs is 1. The third kappa shape index (κ3) is 8.38. The van der Waals surface area contributed by atoms with E-state index in [1.54, 1.807) is 41.1 Å². The summed E-state index contributed by atoms with van der Waals surface area (Å²) in [5.74, 6) is -1.34. The highest BCUT2D eigenvalue weighted by atomic mass is 32.1. The van der Waals surface area contributed by atoms with Crippen LogP contribution in [0.15, 0.2) is 85.2 Å². The average Bonchev–Trinajstić information content (AvgIpc) is 3.54. The van der Waals surface area contributed by atoms with Gasteiger partial charge in [0.25, 0.3) is 0 Å². The van der Waals surface area contributed by atoms with Crippen LogP contribution in [0.2, 0.25) is 0 Å². The summed E-state index contributed by atoms with van der Waals surface area (Å²) >= 11 is 1.37. The Morgan fingerprint density at radius 1 is 1.02 bits per heavy atom. The normalized spacial score (nSPS) is 12.2. The zero-order chi connectivity index (χ0) is 35.5. The molecule has 1 atom stereocenters. The molecule has 3 aromatic carbocycles. The zero-order valence-electron chi connectivity index (χ0n) is 26.9. The van der Waals surface area contributed by atoms with Crippen molar-refractivity contribution in [2.24, 2.45) is 5.73 Å². The van der Waals surface area contributed by atoms with E-state index in [9.17, 15) is 32.7 Å². The highest BCUT2D eigenvalue weighted by Gasteiger charge is 2.36. The van der Waals surface area contributed by atoms with Gasteiger partial charge in [0.05, 0.1) is 23.8 Å². The Morgan fingerprint density at radius 3 is 2.33 bits per heavy atom. The molecule has 2 heterocycles. The highest BCUT2D eigenvalue weighted by molar-refractivity contribution is 7.16. The first-order chi connectivity index (χ1) is 23.2. The fourth-order valence-electron chi connectivity index (χ4n) is 5.40. The number of nitrogens with two attached hydrogens (primary N) is 1. The number of nitrogens with one attached hydrogen (secondary N) is 1. The number of ether oxygens (including phenoxy) is 1. The van der Waals surface area contributed by atoms with Gasteiger partial charge in [0, 0.05) is 22.5 Å². The number of thiazole rings is 1. The zero-order valence-corrected chi connectivity index (χ0v) is 27.7. The highest BCUT2D eigenvalue weighted by Crippen LogP contribution is 2.33. The van der Waals surface area contributed by atoms with E-state index in [4.69, 9.17) is 10.5 Å². The van der Waals surface area contributed by atoms with E-state index in [0.29, 0.717) is 21.9 Å². The molecule has 0 saturated heterocycles. The van der Waals surface area contributed by atoms with Gasteiger partial charge in [0.2, 0.25) is 5.91 Å². The summed E-state index contributed by atoms with van der Waals surface area (Å²) in [4.78, 5) is 42.2. The maximum atomic E-state index is 14.0. The lowest BCUT2D eigenvalue weighted by atomic mass is 10.0. The van der Waals surface area contributed by atoms with Gasteiger partial charge in [-0.25, -0.2) is 14.2 Å². The molecular weight excluding hydrogens is 659 g/mol. The minimum absolute atomic E-state index is 0.0127. The van der Waals surface area contributed by atoms with Crippen LogP contribution in [0.3, 0.4) is 0 Å². The van der Waals surface area contributed by atoms with E-state index in [1.807, 2.05) is 13.1 Å². The number of aromatic hydroxyl groups is 1. The van der Waals surface area contributed by atoms with Gasteiger partial charge in [-0.3, -0.25) is 4.79 Å². The van der Waals surface area contributed by atoms with E-state index < -0.39 is 35.7 Å². The summed E-state index contributed by atoms with van der Waals surface area (Å²) in [6.07, 6.45) is -1.38. The number of aryl methyl sites for hydroxylation is 1. The fraction of sp³-hybridized carbons (Fsp3) is 0.257. The number of benzene rings is 3. The number of halogens is 3. The minimum Gasteiger partial charge on any atom is -0.508 e. The van der Waals surface area contributed by atoms with Crippen molar-refractivity contribution in [2.45, 2.75) is 58.6 Å². The molecule has 2 aromatic heterocycles. The standard InChI is InChI=1S/C35H34F3N5O5S/c1-21(2)48-32(46)24-10-12-26(13-11-24)40-33(47)43(30(31(39)45)16-23-8-14-28(44)15-9-23)20-27-19-41-17-22(3)49-34(41)42(27)18-25-6-4-5-7-29(25)35(36,37)38/h4-15,17,19,21,30H,16,18,20H2,1-3H3,(H3-,39,40,44,45,46,47)/p+1/t30-/m0/s1. The molecule has 14 heteroatoms. The Bertz CT molecular complexity index is 1970. The average molecular weight is 695 g/mol. The third-order valence-corrected chi connectivity index (χ3v) is 8.73. The van der Waals surface area contributed by atoms with Gasteiger partial charge in [-0.05, 0) is 68.8 Å². The molecule has 0 aliphatic heterocycles. The van der Waals surface area contributed by atoms with Crippen molar-refractivity contribution in [3.05, 3.63) is 118 Å². The first kappa shape index (κ1) is 35.0. The molecule has 256 valence electrons. The summed E-state index contributed by atoms with van der Waals surface area (Å²) in [6.45, 7) is 4.95. The van der Waals surface area contributed by atoms with Gasteiger partial charge in [-0.1, -0.05) is 41.7 Å². The van der Waals surface area contributed by atoms with Crippen molar-refractivity contribution in [3.8, 4) is 5.75 Å². The molecule has 0 saturated carbocycles. The lowest BCUT2D eigenvalue weighted by molar-refractivity contribution is -0.506. The second kappa shape index (κ2) is 14.4. The van der Waals surface area contributed by atoms with E-state index in [-0.39, 0.29) is 42.5 Å². The lowest BCUT2D eigenvalue weighted by Crippen LogP contribution is -2.50. The lowest BCUT2D eigenvalue weighted by Gasteiger charge is -2.29. The van der Waals surface area contributed by atoms with Crippen LogP contribution in [0, 0.1) is 6.92 Å². The first-order valence-electron chi connectivity index (χ1n) is 15.3. The van der Waals surface area contributed by atoms with Crippen LogP contribution >= 0.6 is 11.3 Å². The summed E-state index contributed by atoms with van der Waals surface area (Å²) < 4.78 is 50.7. The van der Waals surface area contributed by atoms with E-state index >= 15 is 0 Å². The fourth-order valence-corrected chi connectivity index (χ4v) is 6.36. The number of imidazole rings is 1. The van der Waals surface area contributed by atoms with E-state index in [0.717, 1.165) is 10.9 Å². The molecular formula is C35H35F3N5O5S+. The smallest absolute Gasteiger partial charge is 0.416 e. The molecule has 49 heavy (non-hydrogen) atoms. The van der Waals surface area contributed by atoms with Crippen molar-refractivity contribution < 1.29 is 41.8 Å².